The topological polar surface area (TPSA) is 57.6 Å². The van der Waals surface area contributed by atoms with Crippen molar-refractivity contribution in [3.8, 4) is 0 Å². The fourth-order valence-electron chi connectivity index (χ4n) is 1.68. The van der Waals surface area contributed by atoms with E-state index in [9.17, 15) is 9.59 Å². The second kappa shape index (κ2) is 8.32. The standard InChI is InChI=1S/C13H18BrNO3S/c1-15(9-3-6-13(17)18)12(16)5-2-4-10-7-8-11(14)19-10/h7-8H,2-6,9H2,1H3,(H,17,18). The third-order valence-electron chi connectivity index (χ3n) is 2.75. The largest absolute Gasteiger partial charge is 0.481 e. The number of aliphatic carboxylic acids is 1. The van der Waals surface area contributed by atoms with Gasteiger partial charge in [-0.05, 0) is 47.3 Å². The van der Waals surface area contributed by atoms with Crippen LogP contribution >= 0.6 is 27.3 Å². The third kappa shape index (κ3) is 6.73. The van der Waals surface area contributed by atoms with Crippen molar-refractivity contribution in [1.29, 1.82) is 0 Å². The summed E-state index contributed by atoms with van der Waals surface area (Å²) in [5.74, 6) is -0.731. The maximum absolute atomic E-state index is 11.8. The summed E-state index contributed by atoms with van der Waals surface area (Å²) in [6.45, 7) is 0.510. The number of hydrogen-bond acceptors (Lipinski definition) is 3. The Morgan fingerprint density at radius 1 is 1.32 bits per heavy atom. The van der Waals surface area contributed by atoms with E-state index in [0.717, 1.165) is 16.6 Å². The number of carbonyl (C=O) groups excluding carboxylic acids is 1. The highest BCUT2D eigenvalue weighted by Crippen LogP contribution is 2.23. The van der Waals surface area contributed by atoms with Gasteiger partial charge in [-0.3, -0.25) is 9.59 Å². The van der Waals surface area contributed by atoms with Gasteiger partial charge in [-0.15, -0.1) is 11.3 Å². The van der Waals surface area contributed by atoms with Gasteiger partial charge in [0.1, 0.15) is 0 Å². The summed E-state index contributed by atoms with van der Waals surface area (Å²) in [6, 6.07) is 4.08. The summed E-state index contributed by atoms with van der Waals surface area (Å²) in [5, 5.41) is 8.53. The predicted octanol–water partition coefficient (Wildman–Crippen LogP) is 3.16. The summed E-state index contributed by atoms with van der Waals surface area (Å²) in [4.78, 5) is 25.1. The maximum atomic E-state index is 11.8. The van der Waals surface area contributed by atoms with Crippen molar-refractivity contribution in [1.82, 2.24) is 4.90 Å². The van der Waals surface area contributed by atoms with Gasteiger partial charge in [-0.2, -0.15) is 0 Å². The van der Waals surface area contributed by atoms with Crippen molar-refractivity contribution in [3.05, 3.63) is 20.8 Å². The van der Waals surface area contributed by atoms with E-state index in [1.54, 1.807) is 23.3 Å². The molecule has 1 amide bonds. The smallest absolute Gasteiger partial charge is 0.303 e. The molecule has 0 aliphatic heterocycles. The van der Waals surface area contributed by atoms with Gasteiger partial charge in [0.25, 0.3) is 0 Å². The minimum Gasteiger partial charge on any atom is -0.481 e. The average Bonchev–Trinajstić information content (AvgIpc) is 2.74. The highest BCUT2D eigenvalue weighted by molar-refractivity contribution is 9.11. The van der Waals surface area contributed by atoms with Crippen molar-refractivity contribution in [3.63, 3.8) is 0 Å². The van der Waals surface area contributed by atoms with E-state index in [1.165, 1.54) is 4.88 Å². The Morgan fingerprint density at radius 3 is 2.63 bits per heavy atom. The maximum Gasteiger partial charge on any atom is 0.303 e. The molecule has 0 unspecified atom stereocenters. The quantitative estimate of drug-likeness (QED) is 0.785. The van der Waals surface area contributed by atoms with Crippen molar-refractivity contribution >= 4 is 39.1 Å². The van der Waals surface area contributed by atoms with E-state index in [1.807, 2.05) is 6.07 Å². The Morgan fingerprint density at radius 2 is 2.05 bits per heavy atom. The molecule has 19 heavy (non-hydrogen) atoms. The third-order valence-corrected chi connectivity index (χ3v) is 4.44. The van der Waals surface area contributed by atoms with E-state index in [-0.39, 0.29) is 12.3 Å². The van der Waals surface area contributed by atoms with E-state index in [0.29, 0.717) is 19.4 Å². The molecule has 1 N–H and O–H groups in total. The molecule has 1 rings (SSSR count). The van der Waals surface area contributed by atoms with Crippen molar-refractivity contribution in [2.24, 2.45) is 0 Å². The molecule has 0 aliphatic rings. The minimum atomic E-state index is -0.816. The molecule has 4 nitrogen and oxygen atoms in total. The summed E-state index contributed by atoms with van der Waals surface area (Å²) >= 11 is 5.10. The molecule has 0 bridgehead atoms. The fourth-order valence-corrected chi connectivity index (χ4v) is 3.21. The van der Waals surface area contributed by atoms with Gasteiger partial charge in [0, 0.05) is 31.3 Å². The summed E-state index contributed by atoms with van der Waals surface area (Å²) in [5.41, 5.74) is 0. The minimum absolute atomic E-state index is 0.0843. The number of aryl methyl sites for hydroxylation is 1. The lowest BCUT2D eigenvalue weighted by atomic mass is 10.2. The van der Waals surface area contributed by atoms with Gasteiger partial charge in [-0.1, -0.05) is 0 Å². The van der Waals surface area contributed by atoms with E-state index in [2.05, 4.69) is 22.0 Å². The zero-order chi connectivity index (χ0) is 14.3. The first-order valence-corrected chi connectivity index (χ1v) is 7.80. The van der Waals surface area contributed by atoms with Crippen LogP contribution in [-0.4, -0.2) is 35.5 Å². The van der Waals surface area contributed by atoms with Gasteiger partial charge < -0.3 is 10.0 Å². The number of carboxylic acids is 1. The molecule has 0 spiro atoms. The Balaban J connectivity index is 2.17. The normalized spacial score (nSPS) is 10.4. The Bertz CT molecular complexity index is 433. The summed E-state index contributed by atoms with van der Waals surface area (Å²) in [7, 11) is 1.73. The number of amides is 1. The first-order valence-electron chi connectivity index (χ1n) is 6.19. The molecule has 0 radical (unpaired) electrons. The van der Waals surface area contributed by atoms with Crippen LogP contribution < -0.4 is 0 Å². The Labute approximate surface area is 125 Å². The molecule has 0 aliphatic carbocycles. The van der Waals surface area contributed by atoms with Gasteiger partial charge in [-0.25, -0.2) is 0 Å². The second-order valence-corrected chi connectivity index (χ2v) is 6.92. The second-order valence-electron chi connectivity index (χ2n) is 4.37. The van der Waals surface area contributed by atoms with Gasteiger partial charge in [0.15, 0.2) is 0 Å². The van der Waals surface area contributed by atoms with Crippen LogP contribution in [0, 0.1) is 0 Å². The van der Waals surface area contributed by atoms with Crippen LogP contribution in [0.4, 0.5) is 0 Å². The summed E-state index contributed by atoms with van der Waals surface area (Å²) in [6.07, 6.45) is 2.87. The first-order chi connectivity index (χ1) is 8.99. The number of carboxylic acid groups (broad SMARTS) is 1. The average molecular weight is 348 g/mol. The van der Waals surface area contributed by atoms with Gasteiger partial charge >= 0.3 is 5.97 Å². The lowest BCUT2D eigenvalue weighted by Gasteiger charge is -2.16. The van der Waals surface area contributed by atoms with E-state index >= 15 is 0 Å². The van der Waals surface area contributed by atoms with Crippen LogP contribution in [0.5, 0.6) is 0 Å². The molecule has 0 fully saturated rings. The Kier molecular flexibility index (Phi) is 7.09. The number of hydrogen-bond donors (Lipinski definition) is 1. The van der Waals surface area contributed by atoms with Crippen LogP contribution in [-0.2, 0) is 16.0 Å². The highest BCUT2D eigenvalue weighted by Gasteiger charge is 2.09. The lowest BCUT2D eigenvalue weighted by molar-refractivity contribution is -0.138. The molecule has 1 aromatic heterocycles. The van der Waals surface area contributed by atoms with Crippen LogP contribution in [0.3, 0.4) is 0 Å². The molecule has 0 aromatic carbocycles. The lowest BCUT2D eigenvalue weighted by Crippen LogP contribution is -2.27. The van der Waals surface area contributed by atoms with Crippen molar-refractivity contribution < 1.29 is 14.7 Å². The van der Waals surface area contributed by atoms with Crippen LogP contribution in [0.1, 0.15) is 30.6 Å². The highest BCUT2D eigenvalue weighted by atomic mass is 79.9. The zero-order valence-electron chi connectivity index (χ0n) is 10.9. The monoisotopic (exact) mass is 347 g/mol. The molecular formula is C13H18BrNO3S. The number of thiophene rings is 1. The molecule has 6 heteroatoms. The molecule has 1 aromatic rings. The molecule has 0 saturated carbocycles. The van der Waals surface area contributed by atoms with Crippen LogP contribution in [0.25, 0.3) is 0 Å². The van der Waals surface area contributed by atoms with Crippen LogP contribution in [0.2, 0.25) is 0 Å². The molecule has 1 heterocycles. The van der Waals surface area contributed by atoms with Gasteiger partial charge in [0.2, 0.25) is 5.91 Å². The first kappa shape index (κ1) is 16.2. The predicted molar refractivity (Wildman–Crippen MR) is 79.5 cm³/mol. The van der Waals surface area contributed by atoms with Crippen molar-refractivity contribution in [2.45, 2.75) is 32.1 Å². The number of nitrogens with zero attached hydrogens (tertiary/aromatic N) is 1. The van der Waals surface area contributed by atoms with Crippen LogP contribution in [0.15, 0.2) is 15.9 Å². The molecule has 0 atom stereocenters. The molecular weight excluding hydrogens is 330 g/mol. The zero-order valence-corrected chi connectivity index (χ0v) is 13.3. The van der Waals surface area contributed by atoms with E-state index in [4.69, 9.17) is 5.11 Å². The Hall–Kier alpha value is -0.880. The number of rotatable bonds is 8. The molecule has 0 saturated heterocycles. The number of carbonyl (C=O) groups is 2. The van der Waals surface area contributed by atoms with E-state index < -0.39 is 5.97 Å². The number of halogens is 1. The SMILES string of the molecule is CN(CCCC(=O)O)C(=O)CCCc1ccc(Br)s1. The van der Waals surface area contributed by atoms with Crippen molar-refractivity contribution in [2.75, 3.05) is 13.6 Å². The molecule has 106 valence electrons. The summed E-state index contributed by atoms with van der Waals surface area (Å²) < 4.78 is 1.11. The van der Waals surface area contributed by atoms with Gasteiger partial charge in [0.05, 0.1) is 3.79 Å². The fraction of sp³-hybridized carbons (Fsp3) is 0.538.